The molecule has 3 heteroatoms. The van der Waals surface area contributed by atoms with E-state index in [1.54, 1.807) is 0 Å². The molecule has 1 unspecified atom stereocenters. The van der Waals surface area contributed by atoms with Gasteiger partial charge in [-0.05, 0) is 50.5 Å². The molecule has 0 spiro atoms. The van der Waals surface area contributed by atoms with E-state index >= 15 is 0 Å². The van der Waals surface area contributed by atoms with Crippen molar-refractivity contribution in [1.82, 2.24) is 10.2 Å². The van der Waals surface area contributed by atoms with E-state index in [-0.39, 0.29) is 6.04 Å². The minimum atomic E-state index is -0.0110. The van der Waals surface area contributed by atoms with Crippen LogP contribution in [0.3, 0.4) is 0 Å². The highest BCUT2D eigenvalue weighted by atomic mass is 16.2. The van der Waals surface area contributed by atoms with Gasteiger partial charge in [0.15, 0.2) is 0 Å². The lowest BCUT2D eigenvalue weighted by Crippen LogP contribution is -2.48. The minimum Gasteiger partial charge on any atom is -0.341 e. The summed E-state index contributed by atoms with van der Waals surface area (Å²) in [5.74, 6) is 1.02. The lowest BCUT2D eigenvalue weighted by atomic mass is 9.90. The van der Waals surface area contributed by atoms with Gasteiger partial charge in [-0.1, -0.05) is 30.3 Å². The first-order valence-electron chi connectivity index (χ1n) is 8.31. The van der Waals surface area contributed by atoms with Crippen molar-refractivity contribution in [1.29, 1.82) is 0 Å². The van der Waals surface area contributed by atoms with Gasteiger partial charge in [-0.2, -0.15) is 0 Å². The zero-order valence-electron chi connectivity index (χ0n) is 12.9. The van der Waals surface area contributed by atoms with Gasteiger partial charge >= 0.3 is 0 Å². The van der Waals surface area contributed by atoms with Gasteiger partial charge in [0.2, 0.25) is 5.91 Å². The number of likely N-dealkylation sites (tertiary alicyclic amines) is 1. The molecule has 114 valence electrons. The second kappa shape index (κ2) is 6.61. The van der Waals surface area contributed by atoms with E-state index in [1.165, 1.54) is 18.4 Å². The molecule has 3 nitrogen and oxygen atoms in total. The molecule has 1 amide bonds. The zero-order valence-corrected chi connectivity index (χ0v) is 12.9. The van der Waals surface area contributed by atoms with Crippen molar-refractivity contribution in [3.63, 3.8) is 0 Å². The van der Waals surface area contributed by atoms with Crippen LogP contribution in [-0.2, 0) is 11.2 Å². The van der Waals surface area contributed by atoms with Gasteiger partial charge in [-0.15, -0.1) is 0 Å². The van der Waals surface area contributed by atoms with Crippen LogP contribution in [0.2, 0.25) is 0 Å². The van der Waals surface area contributed by atoms with Gasteiger partial charge in [-0.3, -0.25) is 4.79 Å². The van der Waals surface area contributed by atoms with E-state index in [0.29, 0.717) is 11.9 Å². The molecule has 0 radical (unpaired) electrons. The van der Waals surface area contributed by atoms with Crippen LogP contribution >= 0.6 is 0 Å². The summed E-state index contributed by atoms with van der Waals surface area (Å²) < 4.78 is 0. The van der Waals surface area contributed by atoms with E-state index in [9.17, 15) is 4.79 Å². The largest absolute Gasteiger partial charge is 0.341 e. The third-order valence-corrected chi connectivity index (χ3v) is 4.73. The average Bonchev–Trinajstić information content (AvgIpc) is 3.32. The van der Waals surface area contributed by atoms with Crippen LogP contribution in [0.5, 0.6) is 0 Å². The summed E-state index contributed by atoms with van der Waals surface area (Å²) in [7, 11) is 0. The molecule has 1 saturated heterocycles. The third kappa shape index (κ3) is 4.07. The Morgan fingerprint density at radius 1 is 1.19 bits per heavy atom. The maximum atomic E-state index is 12.4. The number of piperidine rings is 1. The van der Waals surface area contributed by atoms with Crippen molar-refractivity contribution < 1.29 is 4.79 Å². The Kier molecular flexibility index (Phi) is 4.59. The average molecular weight is 286 g/mol. The third-order valence-electron chi connectivity index (χ3n) is 4.73. The number of rotatable bonds is 5. The lowest BCUT2D eigenvalue weighted by molar-refractivity contribution is -0.134. The number of carbonyl (C=O) groups is 1. The highest BCUT2D eigenvalue weighted by Gasteiger charge is 2.30. The number of benzene rings is 1. The standard InChI is InChI=1S/C18H26N2O/c1-14(19-17-7-8-17)18(21)20-11-9-16(10-12-20)13-15-5-3-2-4-6-15/h2-6,14,16-17,19H,7-13H2,1H3. The van der Waals surface area contributed by atoms with Crippen LogP contribution in [0.15, 0.2) is 30.3 Å². The predicted molar refractivity (Wildman–Crippen MR) is 85.1 cm³/mol. The Bertz CT molecular complexity index is 461. The van der Waals surface area contributed by atoms with Gasteiger partial charge in [0.05, 0.1) is 6.04 Å². The van der Waals surface area contributed by atoms with E-state index < -0.39 is 0 Å². The maximum Gasteiger partial charge on any atom is 0.239 e. The summed E-state index contributed by atoms with van der Waals surface area (Å²) in [6.45, 7) is 3.86. The highest BCUT2D eigenvalue weighted by molar-refractivity contribution is 5.81. The predicted octanol–water partition coefficient (Wildman–Crippen LogP) is 2.61. The molecule has 0 aromatic heterocycles. The van der Waals surface area contributed by atoms with Crippen molar-refractivity contribution in [3.05, 3.63) is 35.9 Å². The van der Waals surface area contributed by atoms with Crippen LogP contribution in [0.4, 0.5) is 0 Å². The molecule has 3 rings (SSSR count). The van der Waals surface area contributed by atoms with Crippen molar-refractivity contribution >= 4 is 5.91 Å². The van der Waals surface area contributed by atoms with Crippen molar-refractivity contribution in [2.24, 2.45) is 5.92 Å². The molecule has 21 heavy (non-hydrogen) atoms. The molecule has 1 aliphatic carbocycles. The first-order chi connectivity index (χ1) is 10.2. The topological polar surface area (TPSA) is 32.3 Å². The first-order valence-corrected chi connectivity index (χ1v) is 8.31. The molecule has 1 N–H and O–H groups in total. The van der Waals surface area contributed by atoms with Crippen LogP contribution < -0.4 is 5.32 Å². The Morgan fingerprint density at radius 3 is 2.48 bits per heavy atom. The summed E-state index contributed by atoms with van der Waals surface area (Å²) in [6, 6.07) is 11.3. The zero-order chi connectivity index (χ0) is 14.7. The van der Waals surface area contributed by atoms with Gasteiger partial charge in [0, 0.05) is 19.1 Å². The Labute approximate surface area is 127 Å². The molecule has 1 aliphatic heterocycles. The number of hydrogen-bond donors (Lipinski definition) is 1. The SMILES string of the molecule is CC(NC1CC1)C(=O)N1CCC(Cc2ccccc2)CC1. The van der Waals surface area contributed by atoms with Crippen molar-refractivity contribution in [2.75, 3.05) is 13.1 Å². The van der Waals surface area contributed by atoms with E-state index in [2.05, 4.69) is 40.5 Å². The number of nitrogens with zero attached hydrogens (tertiary/aromatic N) is 1. The summed E-state index contributed by atoms with van der Waals surface area (Å²) in [5.41, 5.74) is 1.42. The van der Waals surface area contributed by atoms with Gasteiger partial charge in [-0.25, -0.2) is 0 Å². The van der Waals surface area contributed by atoms with Gasteiger partial charge in [0.25, 0.3) is 0 Å². The molecule has 2 aliphatic rings. The van der Waals surface area contributed by atoms with Crippen LogP contribution in [0, 0.1) is 5.92 Å². The molecule has 1 heterocycles. The molecular weight excluding hydrogens is 260 g/mol. The summed E-state index contributed by atoms with van der Waals surface area (Å²) >= 11 is 0. The molecule has 2 fully saturated rings. The summed E-state index contributed by atoms with van der Waals surface area (Å²) in [5, 5.41) is 3.41. The smallest absolute Gasteiger partial charge is 0.239 e. The van der Waals surface area contributed by atoms with Crippen molar-refractivity contribution in [2.45, 2.75) is 51.1 Å². The quantitative estimate of drug-likeness (QED) is 0.902. The fourth-order valence-electron chi connectivity index (χ4n) is 3.25. The number of amides is 1. The Hall–Kier alpha value is -1.35. The molecule has 1 saturated carbocycles. The Balaban J connectivity index is 1.44. The number of hydrogen-bond acceptors (Lipinski definition) is 2. The van der Waals surface area contributed by atoms with Gasteiger partial charge in [0.1, 0.15) is 0 Å². The second-order valence-electron chi connectivity index (χ2n) is 6.62. The van der Waals surface area contributed by atoms with Crippen LogP contribution in [0.1, 0.15) is 38.2 Å². The van der Waals surface area contributed by atoms with Crippen molar-refractivity contribution in [3.8, 4) is 0 Å². The molecule has 0 bridgehead atoms. The Morgan fingerprint density at radius 2 is 1.86 bits per heavy atom. The molecular formula is C18H26N2O. The monoisotopic (exact) mass is 286 g/mol. The maximum absolute atomic E-state index is 12.4. The molecule has 1 aromatic rings. The van der Waals surface area contributed by atoms with E-state index in [0.717, 1.165) is 38.3 Å². The number of nitrogens with one attached hydrogen (secondary N) is 1. The lowest BCUT2D eigenvalue weighted by Gasteiger charge is -2.34. The van der Waals surface area contributed by atoms with Crippen LogP contribution in [0.25, 0.3) is 0 Å². The first kappa shape index (κ1) is 14.6. The normalized spacial score (nSPS) is 21.3. The summed E-state index contributed by atoms with van der Waals surface area (Å²) in [4.78, 5) is 14.4. The van der Waals surface area contributed by atoms with Gasteiger partial charge < -0.3 is 10.2 Å². The van der Waals surface area contributed by atoms with Crippen LogP contribution in [-0.4, -0.2) is 36.0 Å². The fraction of sp³-hybridized carbons (Fsp3) is 0.611. The number of carbonyl (C=O) groups excluding carboxylic acids is 1. The van der Waals surface area contributed by atoms with E-state index in [1.807, 2.05) is 6.92 Å². The van der Waals surface area contributed by atoms with E-state index in [4.69, 9.17) is 0 Å². The minimum absolute atomic E-state index is 0.0110. The molecule has 1 aromatic carbocycles. The summed E-state index contributed by atoms with van der Waals surface area (Å²) in [6.07, 6.45) is 5.89. The second-order valence-corrected chi connectivity index (χ2v) is 6.62. The molecule has 1 atom stereocenters. The fourth-order valence-corrected chi connectivity index (χ4v) is 3.25. The highest BCUT2D eigenvalue weighted by Crippen LogP contribution is 2.23.